The van der Waals surface area contributed by atoms with Crippen molar-refractivity contribution in [1.82, 2.24) is 14.8 Å². The van der Waals surface area contributed by atoms with Gasteiger partial charge in [-0.05, 0) is 18.2 Å². The van der Waals surface area contributed by atoms with E-state index in [9.17, 15) is 0 Å². The largest absolute Gasteiger partial charge is 0.388 e. The van der Waals surface area contributed by atoms with E-state index in [1.807, 2.05) is 37.0 Å². The SMILES string of the molecule is CNc1ccnc(-c2ccnn2C)c1. The summed E-state index contributed by atoms with van der Waals surface area (Å²) in [5, 5.41) is 7.18. The van der Waals surface area contributed by atoms with E-state index in [0.717, 1.165) is 17.1 Å². The minimum absolute atomic E-state index is 0.928. The average molecular weight is 188 g/mol. The number of aromatic nitrogens is 3. The first-order valence-corrected chi connectivity index (χ1v) is 4.43. The number of hydrogen-bond acceptors (Lipinski definition) is 3. The Morgan fingerprint density at radius 1 is 1.29 bits per heavy atom. The number of nitrogens with zero attached hydrogens (tertiary/aromatic N) is 3. The lowest BCUT2D eigenvalue weighted by Gasteiger charge is -2.03. The van der Waals surface area contributed by atoms with Crippen LogP contribution in [0.15, 0.2) is 30.6 Å². The van der Waals surface area contributed by atoms with E-state index in [1.165, 1.54) is 0 Å². The Bertz CT molecular complexity index is 433. The van der Waals surface area contributed by atoms with Gasteiger partial charge in [0.25, 0.3) is 0 Å². The molecule has 4 nitrogen and oxygen atoms in total. The second kappa shape index (κ2) is 3.49. The van der Waals surface area contributed by atoms with Gasteiger partial charge in [-0.2, -0.15) is 5.10 Å². The molecule has 0 atom stereocenters. The quantitative estimate of drug-likeness (QED) is 0.777. The maximum atomic E-state index is 4.29. The van der Waals surface area contributed by atoms with Gasteiger partial charge in [0, 0.05) is 32.2 Å². The Kier molecular flexibility index (Phi) is 2.18. The zero-order valence-electron chi connectivity index (χ0n) is 8.23. The lowest BCUT2D eigenvalue weighted by atomic mass is 10.2. The van der Waals surface area contributed by atoms with Crippen LogP contribution in [0.3, 0.4) is 0 Å². The van der Waals surface area contributed by atoms with Gasteiger partial charge in [-0.1, -0.05) is 0 Å². The van der Waals surface area contributed by atoms with Crippen molar-refractivity contribution in [2.24, 2.45) is 7.05 Å². The highest BCUT2D eigenvalue weighted by Crippen LogP contribution is 2.18. The summed E-state index contributed by atoms with van der Waals surface area (Å²) < 4.78 is 1.81. The number of anilines is 1. The molecule has 2 rings (SSSR count). The van der Waals surface area contributed by atoms with Crippen LogP contribution < -0.4 is 5.32 Å². The molecule has 0 bridgehead atoms. The highest BCUT2D eigenvalue weighted by Gasteiger charge is 2.03. The summed E-state index contributed by atoms with van der Waals surface area (Å²) in [6.07, 6.45) is 3.55. The van der Waals surface area contributed by atoms with Crippen LogP contribution in [-0.2, 0) is 7.05 Å². The van der Waals surface area contributed by atoms with Gasteiger partial charge in [0.2, 0.25) is 0 Å². The van der Waals surface area contributed by atoms with Gasteiger partial charge in [-0.3, -0.25) is 9.67 Å². The number of nitrogens with one attached hydrogen (secondary N) is 1. The van der Waals surface area contributed by atoms with Crippen LogP contribution >= 0.6 is 0 Å². The minimum atomic E-state index is 0.928. The van der Waals surface area contributed by atoms with Crippen molar-refractivity contribution in [2.75, 3.05) is 12.4 Å². The fraction of sp³-hybridized carbons (Fsp3) is 0.200. The van der Waals surface area contributed by atoms with Crippen LogP contribution in [0, 0.1) is 0 Å². The smallest absolute Gasteiger partial charge is 0.0903 e. The van der Waals surface area contributed by atoms with E-state index in [0.29, 0.717) is 0 Å². The second-order valence-electron chi connectivity index (χ2n) is 3.02. The summed E-state index contributed by atoms with van der Waals surface area (Å²) in [4.78, 5) is 4.29. The molecule has 2 heterocycles. The van der Waals surface area contributed by atoms with Gasteiger partial charge in [0.15, 0.2) is 0 Å². The first-order chi connectivity index (χ1) is 6.81. The third-order valence-electron chi connectivity index (χ3n) is 2.13. The van der Waals surface area contributed by atoms with Gasteiger partial charge < -0.3 is 5.32 Å². The fourth-order valence-corrected chi connectivity index (χ4v) is 1.35. The van der Waals surface area contributed by atoms with Gasteiger partial charge in [-0.15, -0.1) is 0 Å². The molecule has 0 amide bonds. The molecule has 72 valence electrons. The molecule has 0 radical (unpaired) electrons. The van der Waals surface area contributed by atoms with Crippen molar-refractivity contribution in [3.05, 3.63) is 30.6 Å². The molecule has 14 heavy (non-hydrogen) atoms. The van der Waals surface area contributed by atoms with Crippen molar-refractivity contribution in [2.45, 2.75) is 0 Å². The van der Waals surface area contributed by atoms with E-state index < -0.39 is 0 Å². The average Bonchev–Trinajstić information content (AvgIpc) is 2.65. The minimum Gasteiger partial charge on any atom is -0.388 e. The number of hydrogen-bond donors (Lipinski definition) is 1. The van der Waals surface area contributed by atoms with Crippen LogP contribution in [0.4, 0.5) is 5.69 Å². The van der Waals surface area contributed by atoms with Crippen molar-refractivity contribution in [1.29, 1.82) is 0 Å². The monoisotopic (exact) mass is 188 g/mol. The molecule has 0 aliphatic heterocycles. The van der Waals surface area contributed by atoms with E-state index in [-0.39, 0.29) is 0 Å². The van der Waals surface area contributed by atoms with E-state index in [4.69, 9.17) is 0 Å². The molecule has 0 saturated heterocycles. The standard InChI is InChI=1S/C10H12N4/c1-11-8-3-5-12-9(7-8)10-4-6-13-14(10)2/h3-7H,1-2H3,(H,11,12). The molecule has 0 saturated carbocycles. The van der Waals surface area contributed by atoms with Gasteiger partial charge >= 0.3 is 0 Å². The molecule has 0 aliphatic rings. The third kappa shape index (κ3) is 1.46. The molecule has 0 aromatic carbocycles. The summed E-state index contributed by atoms with van der Waals surface area (Å²) in [6, 6.07) is 5.87. The van der Waals surface area contributed by atoms with E-state index in [1.54, 1.807) is 12.4 Å². The van der Waals surface area contributed by atoms with E-state index in [2.05, 4.69) is 15.4 Å². The zero-order valence-corrected chi connectivity index (χ0v) is 8.23. The maximum absolute atomic E-state index is 4.29. The first-order valence-electron chi connectivity index (χ1n) is 4.43. The normalized spacial score (nSPS) is 10.1. The molecule has 0 unspecified atom stereocenters. The molecule has 2 aromatic rings. The summed E-state index contributed by atoms with van der Waals surface area (Å²) in [7, 11) is 3.80. The van der Waals surface area contributed by atoms with Crippen LogP contribution in [-0.4, -0.2) is 21.8 Å². The Labute approximate surface area is 82.6 Å². The summed E-state index contributed by atoms with van der Waals surface area (Å²) in [5.41, 5.74) is 3.00. The Morgan fingerprint density at radius 2 is 2.14 bits per heavy atom. The number of aryl methyl sites for hydroxylation is 1. The summed E-state index contributed by atoms with van der Waals surface area (Å²) in [5.74, 6) is 0. The van der Waals surface area contributed by atoms with Crippen LogP contribution in [0.1, 0.15) is 0 Å². The number of pyridine rings is 1. The van der Waals surface area contributed by atoms with Gasteiger partial charge in [0.05, 0.1) is 11.4 Å². The fourth-order valence-electron chi connectivity index (χ4n) is 1.35. The Morgan fingerprint density at radius 3 is 2.79 bits per heavy atom. The molecular weight excluding hydrogens is 176 g/mol. The molecule has 4 heteroatoms. The van der Waals surface area contributed by atoms with Crippen LogP contribution in [0.25, 0.3) is 11.4 Å². The van der Waals surface area contributed by atoms with Gasteiger partial charge in [0.1, 0.15) is 0 Å². The lowest BCUT2D eigenvalue weighted by Crippen LogP contribution is -1.96. The Hall–Kier alpha value is -1.84. The molecular formula is C10H12N4. The molecule has 0 aliphatic carbocycles. The lowest BCUT2D eigenvalue weighted by molar-refractivity contribution is 0.773. The third-order valence-corrected chi connectivity index (χ3v) is 2.13. The van der Waals surface area contributed by atoms with E-state index >= 15 is 0 Å². The zero-order chi connectivity index (χ0) is 9.97. The summed E-state index contributed by atoms with van der Waals surface area (Å²) in [6.45, 7) is 0. The topological polar surface area (TPSA) is 42.7 Å². The van der Waals surface area contributed by atoms with Crippen LogP contribution in [0.2, 0.25) is 0 Å². The summed E-state index contributed by atoms with van der Waals surface area (Å²) >= 11 is 0. The van der Waals surface area contributed by atoms with Crippen molar-refractivity contribution in [3.63, 3.8) is 0 Å². The highest BCUT2D eigenvalue weighted by molar-refractivity contribution is 5.60. The number of rotatable bonds is 2. The Balaban J connectivity index is 2.47. The maximum Gasteiger partial charge on any atom is 0.0903 e. The molecule has 0 fully saturated rings. The first kappa shape index (κ1) is 8.74. The second-order valence-corrected chi connectivity index (χ2v) is 3.02. The van der Waals surface area contributed by atoms with Crippen molar-refractivity contribution >= 4 is 5.69 Å². The highest BCUT2D eigenvalue weighted by atomic mass is 15.3. The molecule has 2 aromatic heterocycles. The van der Waals surface area contributed by atoms with Crippen LogP contribution in [0.5, 0.6) is 0 Å². The van der Waals surface area contributed by atoms with Crippen molar-refractivity contribution in [3.8, 4) is 11.4 Å². The molecule has 1 N–H and O–H groups in total. The predicted molar refractivity (Wildman–Crippen MR) is 56.0 cm³/mol. The predicted octanol–water partition coefficient (Wildman–Crippen LogP) is 1.52. The van der Waals surface area contributed by atoms with Gasteiger partial charge in [-0.25, -0.2) is 0 Å². The van der Waals surface area contributed by atoms with Crippen molar-refractivity contribution < 1.29 is 0 Å². The molecule has 0 spiro atoms.